The Labute approximate surface area is 222 Å². The number of esters is 1. The van der Waals surface area contributed by atoms with Crippen LogP contribution in [0.1, 0.15) is 61.7 Å². The first-order valence-corrected chi connectivity index (χ1v) is 13.2. The fourth-order valence-corrected chi connectivity index (χ4v) is 6.37. The molecule has 2 heterocycles. The number of hydrogen-bond donors (Lipinski definition) is 1. The zero-order valence-electron chi connectivity index (χ0n) is 20.3. The Hall–Kier alpha value is -3.49. The molecule has 6 nitrogen and oxygen atoms in total. The van der Waals surface area contributed by atoms with Gasteiger partial charge >= 0.3 is 5.97 Å². The van der Waals surface area contributed by atoms with E-state index < -0.39 is 17.7 Å². The van der Waals surface area contributed by atoms with Crippen molar-refractivity contribution in [1.82, 2.24) is 5.16 Å². The van der Waals surface area contributed by atoms with Crippen LogP contribution in [0.25, 0.3) is 11.3 Å². The minimum Gasteiger partial charge on any atom is -0.462 e. The molecule has 0 saturated heterocycles. The van der Waals surface area contributed by atoms with Crippen LogP contribution in [0.4, 0.5) is 9.39 Å². The lowest BCUT2D eigenvalue weighted by atomic mass is 9.83. The zero-order chi connectivity index (χ0) is 26.1. The third kappa shape index (κ3) is 4.79. The molecule has 2 aromatic carbocycles. The normalized spacial score (nSPS) is 14.8. The van der Waals surface area contributed by atoms with E-state index in [-0.39, 0.29) is 34.2 Å². The molecule has 2 aromatic heterocycles. The highest BCUT2D eigenvalue weighted by Crippen LogP contribution is 2.43. The maximum absolute atomic E-state index is 14.6. The van der Waals surface area contributed by atoms with Gasteiger partial charge in [0, 0.05) is 4.88 Å². The molecule has 4 aromatic rings. The van der Waals surface area contributed by atoms with Crippen LogP contribution in [-0.2, 0) is 17.6 Å². The van der Waals surface area contributed by atoms with Crippen molar-refractivity contribution in [2.75, 3.05) is 11.9 Å². The maximum atomic E-state index is 14.6. The summed E-state index contributed by atoms with van der Waals surface area (Å²) in [5.74, 6) is -1.15. The van der Waals surface area contributed by atoms with Gasteiger partial charge in [0.15, 0.2) is 0 Å². The van der Waals surface area contributed by atoms with Crippen LogP contribution >= 0.6 is 22.9 Å². The van der Waals surface area contributed by atoms with Crippen LogP contribution in [0, 0.1) is 12.7 Å². The van der Waals surface area contributed by atoms with Crippen LogP contribution in [0.2, 0.25) is 5.02 Å². The van der Waals surface area contributed by atoms with Gasteiger partial charge in [-0.05, 0) is 62.3 Å². The third-order valence-corrected chi connectivity index (χ3v) is 8.02. The molecule has 1 aliphatic carbocycles. The molecule has 1 atom stereocenters. The van der Waals surface area contributed by atoms with Gasteiger partial charge in [-0.15, -0.1) is 11.3 Å². The second-order valence-corrected chi connectivity index (χ2v) is 10.3. The van der Waals surface area contributed by atoms with Gasteiger partial charge in [-0.1, -0.05) is 53.2 Å². The second-order valence-electron chi connectivity index (χ2n) is 8.79. The molecular weight excluding hydrogens is 515 g/mol. The topological polar surface area (TPSA) is 81.4 Å². The highest BCUT2D eigenvalue weighted by molar-refractivity contribution is 7.17. The van der Waals surface area contributed by atoms with Crippen molar-refractivity contribution in [3.8, 4) is 11.3 Å². The predicted molar refractivity (Wildman–Crippen MR) is 141 cm³/mol. The smallest absolute Gasteiger partial charge is 0.341 e. The Kier molecular flexibility index (Phi) is 7.13. The molecule has 37 heavy (non-hydrogen) atoms. The van der Waals surface area contributed by atoms with E-state index in [1.165, 1.54) is 35.1 Å². The molecule has 0 fully saturated rings. The number of rotatable bonds is 6. The molecule has 1 amide bonds. The lowest BCUT2D eigenvalue weighted by Crippen LogP contribution is -2.17. The largest absolute Gasteiger partial charge is 0.462 e. The Bertz CT molecular complexity index is 1460. The number of thiophene rings is 1. The molecule has 190 valence electrons. The number of anilines is 1. The highest BCUT2D eigenvalue weighted by Gasteiger charge is 2.32. The van der Waals surface area contributed by atoms with Crippen LogP contribution < -0.4 is 5.32 Å². The van der Waals surface area contributed by atoms with Crippen molar-refractivity contribution >= 4 is 39.8 Å². The monoisotopic (exact) mass is 538 g/mol. The van der Waals surface area contributed by atoms with Gasteiger partial charge in [-0.3, -0.25) is 4.79 Å². The average Bonchev–Trinajstić information content (AvgIpc) is 3.44. The van der Waals surface area contributed by atoms with Crippen molar-refractivity contribution in [1.29, 1.82) is 0 Å². The third-order valence-electron chi connectivity index (χ3n) is 6.53. The number of hydrogen-bond acceptors (Lipinski definition) is 6. The summed E-state index contributed by atoms with van der Waals surface area (Å²) in [5.41, 5.74) is 2.56. The van der Waals surface area contributed by atoms with Crippen LogP contribution in [0.15, 0.2) is 53.1 Å². The second kappa shape index (κ2) is 10.5. The van der Waals surface area contributed by atoms with E-state index in [4.69, 9.17) is 20.9 Å². The molecular formula is C28H24ClFN2O4S. The average molecular weight is 539 g/mol. The number of ether oxygens (including phenoxy) is 1. The van der Waals surface area contributed by atoms with E-state index in [2.05, 4.69) is 22.6 Å². The summed E-state index contributed by atoms with van der Waals surface area (Å²) in [6.45, 7) is 3.52. The van der Waals surface area contributed by atoms with Crippen LogP contribution in [0.3, 0.4) is 0 Å². The maximum Gasteiger partial charge on any atom is 0.341 e. The summed E-state index contributed by atoms with van der Waals surface area (Å²) in [7, 11) is 0. The predicted octanol–water partition coefficient (Wildman–Crippen LogP) is 7.21. The van der Waals surface area contributed by atoms with Gasteiger partial charge < -0.3 is 14.6 Å². The van der Waals surface area contributed by atoms with Crippen LogP contribution in [-0.4, -0.2) is 23.6 Å². The van der Waals surface area contributed by atoms with Gasteiger partial charge in [0.05, 0.1) is 22.8 Å². The SMILES string of the molecule is CCOC(=O)c1c(NC(=O)c2c(-c3c(F)cccc3Cl)noc2C)sc2c1CCC(c1ccccc1)C2. The molecule has 5 rings (SSSR count). The first-order valence-electron chi connectivity index (χ1n) is 12.0. The van der Waals surface area contributed by atoms with Crippen molar-refractivity contribution in [3.63, 3.8) is 0 Å². The fraction of sp³-hybridized carbons (Fsp3) is 0.250. The molecule has 0 saturated carbocycles. The number of nitrogens with zero attached hydrogens (tertiary/aromatic N) is 1. The number of aromatic nitrogens is 1. The van der Waals surface area contributed by atoms with E-state index in [1.54, 1.807) is 13.8 Å². The summed E-state index contributed by atoms with van der Waals surface area (Å²) < 4.78 is 25.2. The lowest BCUT2D eigenvalue weighted by molar-refractivity contribution is 0.0526. The van der Waals surface area contributed by atoms with Gasteiger partial charge in [0.2, 0.25) is 0 Å². The summed E-state index contributed by atoms with van der Waals surface area (Å²) in [4.78, 5) is 27.6. The summed E-state index contributed by atoms with van der Waals surface area (Å²) in [6.07, 6.45) is 2.33. The van der Waals surface area contributed by atoms with E-state index >= 15 is 0 Å². The Morgan fingerprint density at radius 2 is 1.97 bits per heavy atom. The molecule has 1 N–H and O–H groups in total. The van der Waals surface area contributed by atoms with E-state index in [0.717, 1.165) is 23.3 Å². The van der Waals surface area contributed by atoms with Crippen molar-refractivity contribution in [2.45, 2.75) is 39.0 Å². The van der Waals surface area contributed by atoms with Gasteiger partial charge in [-0.25, -0.2) is 9.18 Å². The molecule has 1 aliphatic rings. The fourth-order valence-electron chi connectivity index (χ4n) is 4.80. The van der Waals surface area contributed by atoms with Gasteiger partial charge in [0.25, 0.3) is 5.91 Å². The Balaban J connectivity index is 1.51. The number of amides is 1. The minimum atomic E-state index is -0.624. The van der Waals surface area contributed by atoms with Crippen molar-refractivity contribution < 1.29 is 23.2 Å². The quantitative estimate of drug-likeness (QED) is 0.262. The summed E-state index contributed by atoms with van der Waals surface area (Å²) in [5, 5.41) is 7.29. The van der Waals surface area contributed by atoms with Gasteiger partial charge in [-0.2, -0.15) is 0 Å². The first-order chi connectivity index (χ1) is 17.9. The zero-order valence-corrected chi connectivity index (χ0v) is 21.8. The van der Waals surface area contributed by atoms with Crippen molar-refractivity contribution in [3.05, 3.63) is 92.3 Å². The number of fused-ring (bicyclic) bond motifs is 1. The molecule has 1 unspecified atom stereocenters. The van der Waals surface area contributed by atoms with E-state index in [0.29, 0.717) is 22.9 Å². The van der Waals surface area contributed by atoms with Crippen molar-refractivity contribution in [2.24, 2.45) is 0 Å². The number of carbonyl (C=O) groups is 2. The molecule has 9 heteroatoms. The number of nitrogens with one attached hydrogen (secondary N) is 1. The minimum absolute atomic E-state index is 0.00115. The Morgan fingerprint density at radius 1 is 1.19 bits per heavy atom. The summed E-state index contributed by atoms with van der Waals surface area (Å²) in [6, 6.07) is 14.5. The number of aryl methyl sites for hydroxylation is 1. The number of carbonyl (C=O) groups excluding carboxylic acids is 2. The highest BCUT2D eigenvalue weighted by atomic mass is 35.5. The first kappa shape index (κ1) is 25.2. The standard InChI is InChI=1S/C28H24ClFN2O4S/c1-3-35-28(34)23-18-13-12-17(16-8-5-4-6-9-16)14-21(18)37-27(23)31-26(33)22-15(2)36-32-25(22)24-19(29)10-7-11-20(24)30/h4-11,17H,3,12-14H2,1-2H3,(H,31,33). The molecule has 0 radical (unpaired) electrons. The van der Waals surface area contributed by atoms with E-state index in [9.17, 15) is 14.0 Å². The lowest BCUT2D eigenvalue weighted by Gasteiger charge is -2.23. The summed E-state index contributed by atoms with van der Waals surface area (Å²) >= 11 is 7.60. The van der Waals surface area contributed by atoms with Crippen LogP contribution in [0.5, 0.6) is 0 Å². The number of halogens is 2. The molecule has 0 spiro atoms. The van der Waals surface area contributed by atoms with E-state index in [1.807, 2.05) is 18.2 Å². The number of benzene rings is 2. The Morgan fingerprint density at radius 3 is 2.70 bits per heavy atom. The van der Waals surface area contributed by atoms with Gasteiger partial charge in [0.1, 0.15) is 27.8 Å². The molecule has 0 bridgehead atoms. The molecule has 0 aliphatic heterocycles.